The van der Waals surface area contributed by atoms with E-state index in [1.165, 1.54) is 19.3 Å². The molecule has 1 heterocycles. The Morgan fingerprint density at radius 1 is 1.16 bits per heavy atom. The van der Waals surface area contributed by atoms with Crippen LogP contribution in [0.4, 0.5) is 5.82 Å². The number of nitrogens with one attached hydrogen (secondary N) is 1. The van der Waals surface area contributed by atoms with Crippen LogP contribution < -0.4 is 18.9 Å². The maximum absolute atomic E-state index is 12.6. The Bertz CT molecular complexity index is 1190. The minimum Gasteiger partial charge on any atom is -0.497 e. The van der Waals surface area contributed by atoms with Crippen molar-refractivity contribution in [3.8, 4) is 23.1 Å². The van der Waals surface area contributed by atoms with Gasteiger partial charge in [0.25, 0.3) is 15.9 Å². The fourth-order valence-electron chi connectivity index (χ4n) is 2.47. The summed E-state index contributed by atoms with van der Waals surface area (Å²) in [7, 11) is -2.49. The van der Waals surface area contributed by atoms with Crippen LogP contribution in [0.3, 0.4) is 0 Å². The third kappa shape index (κ3) is 6.33. The molecule has 11 heteroatoms. The molecular weight excluding hydrogens is 458 g/mol. The van der Waals surface area contributed by atoms with Gasteiger partial charge in [-0.3, -0.25) is 4.72 Å². The maximum atomic E-state index is 12.6. The quantitative estimate of drug-likeness (QED) is 0.453. The standard InChI is InChI=1S/C21H20ClN3O6S/c1-29-16-7-8-17(22)18(13-16)31-19-20(23-14-24-21(19)30-11-10-26)25-32(27,28)12-9-15-5-3-2-4-6-15/h2-9,12-14,26H,10-11H2,1H3,(H,23,24,25)/b12-9+. The lowest BCUT2D eigenvalue weighted by molar-refractivity contribution is 0.192. The number of sulfonamides is 1. The number of aromatic nitrogens is 2. The van der Waals surface area contributed by atoms with E-state index in [9.17, 15) is 8.42 Å². The second-order valence-electron chi connectivity index (χ2n) is 6.19. The molecule has 0 unspecified atom stereocenters. The number of aliphatic hydroxyl groups is 1. The van der Waals surface area contributed by atoms with Crippen LogP contribution in [-0.2, 0) is 10.0 Å². The molecule has 9 nitrogen and oxygen atoms in total. The van der Waals surface area contributed by atoms with Crippen molar-refractivity contribution >= 4 is 33.5 Å². The molecule has 0 radical (unpaired) electrons. The molecule has 168 valence electrons. The Morgan fingerprint density at radius 2 is 1.94 bits per heavy atom. The second kappa shape index (κ2) is 10.8. The topological polar surface area (TPSA) is 120 Å². The van der Waals surface area contributed by atoms with E-state index in [4.69, 9.17) is 30.9 Å². The molecule has 0 saturated carbocycles. The summed E-state index contributed by atoms with van der Waals surface area (Å²) >= 11 is 6.21. The van der Waals surface area contributed by atoms with E-state index in [1.807, 2.05) is 6.07 Å². The summed E-state index contributed by atoms with van der Waals surface area (Å²) in [5.41, 5.74) is 0.701. The van der Waals surface area contributed by atoms with E-state index in [2.05, 4.69) is 14.7 Å². The number of hydrogen-bond donors (Lipinski definition) is 2. The summed E-state index contributed by atoms with van der Waals surface area (Å²) in [5, 5.41) is 10.3. The van der Waals surface area contributed by atoms with Crippen LogP contribution in [0.5, 0.6) is 23.1 Å². The predicted molar refractivity (Wildman–Crippen MR) is 121 cm³/mol. The minimum absolute atomic E-state index is 0.0855. The first-order valence-electron chi connectivity index (χ1n) is 9.28. The molecule has 2 N–H and O–H groups in total. The lowest BCUT2D eigenvalue weighted by atomic mass is 10.2. The van der Waals surface area contributed by atoms with Crippen LogP contribution in [0.1, 0.15) is 5.56 Å². The van der Waals surface area contributed by atoms with Crippen molar-refractivity contribution in [3.63, 3.8) is 0 Å². The largest absolute Gasteiger partial charge is 0.497 e. The molecule has 3 rings (SSSR count). The van der Waals surface area contributed by atoms with Gasteiger partial charge in [0, 0.05) is 6.07 Å². The Hall–Kier alpha value is -3.34. The van der Waals surface area contributed by atoms with Crippen molar-refractivity contribution in [2.24, 2.45) is 0 Å². The first kappa shape index (κ1) is 23.3. The van der Waals surface area contributed by atoms with Crippen molar-refractivity contribution < 1.29 is 27.7 Å². The molecule has 1 aromatic heterocycles. The van der Waals surface area contributed by atoms with Gasteiger partial charge < -0.3 is 19.3 Å². The molecule has 0 fully saturated rings. The summed E-state index contributed by atoms with van der Waals surface area (Å²) in [6.45, 7) is -0.385. The van der Waals surface area contributed by atoms with Crippen molar-refractivity contribution in [2.45, 2.75) is 0 Å². The number of hydrogen-bond acceptors (Lipinski definition) is 8. The lowest BCUT2D eigenvalue weighted by Gasteiger charge is -2.15. The maximum Gasteiger partial charge on any atom is 0.263 e. The zero-order valence-corrected chi connectivity index (χ0v) is 18.5. The van der Waals surface area contributed by atoms with Gasteiger partial charge in [-0.25, -0.2) is 13.4 Å². The van der Waals surface area contributed by atoms with Gasteiger partial charge in [0.15, 0.2) is 5.82 Å². The van der Waals surface area contributed by atoms with Crippen LogP contribution in [0.2, 0.25) is 5.02 Å². The van der Waals surface area contributed by atoms with Gasteiger partial charge in [-0.2, -0.15) is 4.98 Å². The van der Waals surface area contributed by atoms with E-state index in [1.54, 1.807) is 36.4 Å². The average molecular weight is 478 g/mol. The Kier molecular flexibility index (Phi) is 7.87. The molecule has 0 aliphatic heterocycles. The highest BCUT2D eigenvalue weighted by Crippen LogP contribution is 2.40. The van der Waals surface area contributed by atoms with Crippen molar-refractivity contribution in [2.75, 3.05) is 25.0 Å². The van der Waals surface area contributed by atoms with Gasteiger partial charge in [-0.15, -0.1) is 0 Å². The van der Waals surface area contributed by atoms with E-state index in [0.717, 1.165) is 11.7 Å². The fourth-order valence-corrected chi connectivity index (χ4v) is 3.44. The van der Waals surface area contributed by atoms with Gasteiger partial charge >= 0.3 is 0 Å². The first-order chi connectivity index (χ1) is 15.4. The van der Waals surface area contributed by atoms with Crippen LogP contribution >= 0.6 is 11.6 Å². The third-order valence-corrected chi connectivity index (χ3v) is 5.21. The monoisotopic (exact) mass is 477 g/mol. The number of nitrogens with zero attached hydrogens (tertiary/aromatic N) is 2. The number of benzene rings is 2. The molecule has 0 amide bonds. The molecule has 0 bridgehead atoms. The second-order valence-corrected chi connectivity index (χ2v) is 8.16. The normalized spacial score (nSPS) is 11.3. The van der Waals surface area contributed by atoms with Crippen LogP contribution in [-0.4, -0.2) is 43.8 Å². The van der Waals surface area contributed by atoms with Crippen molar-refractivity contribution in [1.29, 1.82) is 0 Å². The zero-order valence-electron chi connectivity index (χ0n) is 16.9. The van der Waals surface area contributed by atoms with Gasteiger partial charge in [-0.05, 0) is 23.8 Å². The number of anilines is 1. The lowest BCUT2D eigenvalue weighted by Crippen LogP contribution is -2.13. The number of rotatable bonds is 10. The smallest absolute Gasteiger partial charge is 0.263 e. The van der Waals surface area contributed by atoms with Gasteiger partial charge in [0.05, 0.1) is 24.1 Å². The molecule has 3 aromatic rings. The third-order valence-electron chi connectivity index (χ3n) is 3.93. The van der Waals surface area contributed by atoms with E-state index < -0.39 is 10.0 Å². The highest BCUT2D eigenvalue weighted by atomic mass is 35.5. The summed E-state index contributed by atoms with van der Waals surface area (Å²) in [5.74, 6) is 0.233. The molecule has 0 aliphatic carbocycles. The predicted octanol–water partition coefficient (Wildman–Crippen LogP) is 3.71. The van der Waals surface area contributed by atoms with Crippen LogP contribution in [0.15, 0.2) is 60.3 Å². The summed E-state index contributed by atoms with van der Waals surface area (Å²) in [4.78, 5) is 7.95. The number of ether oxygens (including phenoxy) is 3. The van der Waals surface area contributed by atoms with E-state index in [-0.39, 0.29) is 41.4 Å². The summed E-state index contributed by atoms with van der Waals surface area (Å²) in [6, 6.07) is 13.6. The molecule has 2 aromatic carbocycles. The number of aliphatic hydroxyl groups excluding tert-OH is 1. The zero-order chi connectivity index (χ0) is 23.0. The number of methoxy groups -OCH3 is 1. The fraction of sp³-hybridized carbons (Fsp3) is 0.143. The van der Waals surface area contributed by atoms with E-state index >= 15 is 0 Å². The Labute approximate surface area is 190 Å². The number of halogens is 1. The Balaban J connectivity index is 1.96. The van der Waals surface area contributed by atoms with Gasteiger partial charge in [0.1, 0.15) is 24.4 Å². The summed E-state index contributed by atoms with van der Waals surface area (Å²) < 4.78 is 44.0. The molecular formula is C21H20ClN3O6S. The molecule has 32 heavy (non-hydrogen) atoms. The highest BCUT2D eigenvalue weighted by molar-refractivity contribution is 7.95. The highest BCUT2D eigenvalue weighted by Gasteiger charge is 2.21. The van der Waals surface area contributed by atoms with E-state index in [0.29, 0.717) is 11.3 Å². The SMILES string of the molecule is COc1ccc(Cl)c(Oc2c(NS(=O)(=O)/C=C/c3ccccc3)ncnc2OCCO)c1. The Morgan fingerprint density at radius 3 is 2.66 bits per heavy atom. The average Bonchev–Trinajstić information content (AvgIpc) is 2.79. The molecule has 0 atom stereocenters. The molecule has 0 aliphatic rings. The van der Waals surface area contributed by atoms with Crippen molar-refractivity contribution in [3.05, 3.63) is 70.9 Å². The molecule has 0 spiro atoms. The first-order valence-corrected chi connectivity index (χ1v) is 11.2. The minimum atomic E-state index is -3.97. The van der Waals surface area contributed by atoms with Crippen LogP contribution in [0.25, 0.3) is 6.08 Å². The van der Waals surface area contributed by atoms with Crippen molar-refractivity contribution in [1.82, 2.24) is 9.97 Å². The van der Waals surface area contributed by atoms with Gasteiger partial charge in [0.2, 0.25) is 5.75 Å². The van der Waals surface area contributed by atoms with Gasteiger partial charge in [-0.1, -0.05) is 41.9 Å². The van der Waals surface area contributed by atoms with Crippen LogP contribution in [0, 0.1) is 0 Å². The molecule has 0 saturated heterocycles. The summed E-state index contributed by atoms with van der Waals surface area (Å²) in [6.07, 6.45) is 2.54.